The van der Waals surface area contributed by atoms with Crippen molar-refractivity contribution in [2.45, 2.75) is 37.6 Å². The van der Waals surface area contributed by atoms with Crippen molar-refractivity contribution in [2.24, 2.45) is 0 Å². The van der Waals surface area contributed by atoms with Crippen molar-refractivity contribution in [3.05, 3.63) is 81.0 Å². The minimum atomic E-state index is -0.543. The van der Waals surface area contributed by atoms with Crippen molar-refractivity contribution in [3.63, 3.8) is 0 Å². The second kappa shape index (κ2) is 7.46. The van der Waals surface area contributed by atoms with Crippen molar-refractivity contribution in [3.8, 4) is 0 Å². The molecule has 1 heterocycles. The van der Waals surface area contributed by atoms with Crippen LogP contribution < -0.4 is 11.2 Å². The Kier molecular flexibility index (Phi) is 4.86. The van der Waals surface area contributed by atoms with Crippen molar-refractivity contribution in [2.75, 3.05) is 6.61 Å². The Morgan fingerprint density at radius 3 is 2.46 bits per heavy atom. The summed E-state index contributed by atoms with van der Waals surface area (Å²) in [5.74, 6) is -0.218. The van der Waals surface area contributed by atoms with Crippen LogP contribution >= 0.6 is 0 Å². The third-order valence-corrected chi connectivity index (χ3v) is 5.57. The van der Waals surface area contributed by atoms with Gasteiger partial charge in [-0.3, -0.25) is 14.2 Å². The van der Waals surface area contributed by atoms with Crippen LogP contribution in [0.5, 0.6) is 0 Å². The number of esters is 1. The van der Waals surface area contributed by atoms with Crippen LogP contribution in [0.2, 0.25) is 0 Å². The minimum Gasteiger partial charge on any atom is -0.465 e. The van der Waals surface area contributed by atoms with Crippen LogP contribution in [0.1, 0.15) is 31.2 Å². The summed E-state index contributed by atoms with van der Waals surface area (Å²) in [6.45, 7) is 0.372. The van der Waals surface area contributed by atoms with E-state index in [0.717, 1.165) is 29.4 Å². The normalized spacial score (nSPS) is 15.1. The molecule has 0 bridgehead atoms. The molecule has 1 aromatic heterocycles. The predicted octanol–water partition coefficient (Wildman–Crippen LogP) is 2.75. The largest absolute Gasteiger partial charge is 0.465 e. The number of nitrogens with one attached hydrogen (secondary N) is 1. The number of rotatable bonds is 6. The van der Waals surface area contributed by atoms with Gasteiger partial charge in [0.1, 0.15) is 0 Å². The Morgan fingerprint density at radius 1 is 1.04 bits per heavy atom. The van der Waals surface area contributed by atoms with Gasteiger partial charge < -0.3 is 9.72 Å². The predicted molar refractivity (Wildman–Crippen MR) is 106 cm³/mol. The molecule has 3 aromatic rings. The molecule has 2 aromatic carbocycles. The van der Waals surface area contributed by atoms with Gasteiger partial charge in [0.25, 0.3) is 5.56 Å². The zero-order valence-corrected chi connectivity index (χ0v) is 15.5. The van der Waals surface area contributed by atoms with Gasteiger partial charge in [0.2, 0.25) is 0 Å². The van der Waals surface area contributed by atoms with E-state index in [-0.39, 0.29) is 24.7 Å². The fourth-order valence-electron chi connectivity index (χ4n) is 3.83. The first kappa shape index (κ1) is 18.2. The Hall–Kier alpha value is -3.15. The van der Waals surface area contributed by atoms with E-state index in [2.05, 4.69) is 4.98 Å². The van der Waals surface area contributed by atoms with E-state index in [9.17, 15) is 14.4 Å². The first-order chi connectivity index (χ1) is 13.6. The van der Waals surface area contributed by atoms with E-state index >= 15 is 0 Å². The second-order valence-electron chi connectivity index (χ2n) is 7.22. The molecular formula is C22H22N2O4. The lowest BCUT2D eigenvalue weighted by atomic mass is 9.64. The highest BCUT2D eigenvalue weighted by atomic mass is 16.5. The summed E-state index contributed by atoms with van der Waals surface area (Å²) in [7, 11) is 0. The van der Waals surface area contributed by atoms with Crippen molar-refractivity contribution >= 4 is 16.9 Å². The van der Waals surface area contributed by atoms with Gasteiger partial charge in [-0.1, -0.05) is 48.9 Å². The van der Waals surface area contributed by atoms with Gasteiger partial charge in [0, 0.05) is 6.54 Å². The molecule has 6 nitrogen and oxygen atoms in total. The fraction of sp³-hybridized carbons (Fsp3) is 0.318. The molecule has 0 saturated heterocycles. The van der Waals surface area contributed by atoms with Crippen LogP contribution in [0.4, 0.5) is 0 Å². The average Bonchev–Trinajstić information content (AvgIpc) is 2.67. The number of aromatic amines is 1. The van der Waals surface area contributed by atoms with E-state index in [0.29, 0.717) is 17.3 Å². The van der Waals surface area contributed by atoms with Crippen LogP contribution in [-0.2, 0) is 21.5 Å². The Balaban J connectivity index is 1.41. The Labute approximate surface area is 161 Å². The average molecular weight is 378 g/mol. The Morgan fingerprint density at radius 2 is 1.75 bits per heavy atom. The van der Waals surface area contributed by atoms with E-state index in [1.165, 1.54) is 0 Å². The van der Waals surface area contributed by atoms with Crippen molar-refractivity contribution in [1.82, 2.24) is 9.55 Å². The maximum Gasteiger partial charge on any atom is 0.328 e. The number of ether oxygens (including phenoxy) is 1. The number of hydrogen-bond acceptors (Lipinski definition) is 4. The molecule has 0 amide bonds. The van der Waals surface area contributed by atoms with Crippen molar-refractivity contribution in [1.29, 1.82) is 0 Å². The molecule has 0 aliphatic heterocycles. The lowest BCUT2D eigenvalue weighted by Gasteiger charge is -2.39. The molecule has 0 atom stereocenters. The first-order valence-corrected chi connectivity index (χ1v) is 9.56. The molecule has 0 radical (unpaired) electrons. The number of carbonyl (C=O) groups excluding carboxylic acids is 1. The molecule has 0 spiro atoms. The van der Waals surface area contributed by atoms with Gasteiger partial charge in [-0.05, 0) is 37.0 Å². The van der Waals surface area contributed by atoms with Crippen LogP contribution in [-0.4, -0.2) is 22.1 Å². The summed E-state index contributed by atoms with van der Waals surface area (Å²) in [5.41, 5.74) is 0.196. The summed E-state index contributed by atoms with van der Waals surface area (Å²) in [6, 6.07) is 16.6. The van der Waals surface area contributed by atoms with E-state index in [1.54, 1.807) is 24.3 Å². The number of fused-ring (bicyclic) bond motifs is 1. The van der Waals surface area contributed by atoms with E-state index in [1.807, 2.05) is 30.3 Å². The third kappa shape index (κ3) is 3.15. The summed E-state index contributed by atoms with van der Waals surface area (Å²) in [6.07, 6.45) is 2.99. The third-order valence-electron chi connectivity index (χ3n) is 5.57. The number of benzene rings is 2. The molecule has 4 rings (SSSR count). The number of H-pyrrole nitrogens is 1. The van der Waals surface area contributed by atoms with Gasteiger partial charge in [-0.2, -0.15) is 0 Å². The molecule has 0 unspecified atom stereocenters. The molecular weight excluding hydrogens is 356 g/mol. The minimum absolute atomic E-state index is 0.173. The van der Waals surface area contributed by atoms with Crippen LogP contribution in [0.15, 0.2) is 64.2 Å². The molecule has 1 saturated carbocycles. The zero-order valence-electron chi connectivity index (χ0n) is 15.5. The standard InChI is InChI=1S/C22H22N2O4/c25-19-17-10-4-5-11-18(17)23-21(27)24(19)14-7-15-28-20(26)22(12-6-13-22)16-8-2-1-3-9-16/h1-5,8-11H,6-7,12-15H2,(H,23,27). The maximum atomic E-state index is 12.7. The quantitative estimate of drug-likeness (QED) is 0.528. The monoisotopic (exact) mass is 378 g/mol. The molecule has 6 heteroatoms. The number of nitrogens with zero attached hydrogens (tertiary/aromatic N) is 1. The second-order valence-corrected chi connectivity index (χ2v) is 7.22. The maximum absolute atomic E-state index is 12.7. The fourth-order valence-corrected chi connectivity index (χ4v) is 3.83. The highest BCUT2D eigenvalue weighted by Crippen LogP contribution is 2.44. The molecule has 1 fully saturated rings. The highest BCUT2D eigenvalue weighted by Gasteiger charge is 2.46. The van der Waals surface area contributed by atoms with Crippen molar-refractivity contribution < 1.29 is 9.53 Å². The number of carbonyl (C=O) groups is 1. The molecule has 144 valence electrons. The molecule has 28 heavy (non-hydrogen) atoms. The summed E-state index contributed by atoms with van der Waals surface area (Å²) < 4.78 is 6.69. The summed E-state index contributed by atoms with van der Waals surface area (Å²) in [4.78, 5) is 40.1. The number of hydrogen-bond donors (Lipinski definition) is 1. The van der Waals surface area contributed by atoms with Crippen LogP contribution in [0, 0.1) is 0 Å². The first-order valence-electron chi connectivity index (χ1n) is 9.56. The van der Waals surface area contributed by atoms with Crippen LogP contribution in [0.25, 0.3) is 10.9 Å². The zero-order chi connectivity index (χ0) is 19.6. The summed E-state index contributed by atoms with van der Waals surface area (Å²) >= 11 is 0. The van der Waals surface area contributed by atoms with E-state index < -0.39 is 11.1 Å². The van der Waals surface area contributed by atoms with Gasteiger partial charge in [0.15, 0.2) is 0 Å². The van der Waals surface area contributed by atoms with E-state index in [4.69, 9.17) is 4.74 Å². The lowest BCUT2D eigenvalue weighted by Crippen LogP contribution is -2.44. The van der Waals surface area contributed by atoms with Crippen LogP contribution in [0.3, 0.4) is 0 Å². The molecule has 1 aliphatic rings. The van der Waals surface area contributed by atoms with Gasteiger partial charge >= 0.3 is 11.7 Å². The smallest absolute Gasteiger partial charge is 0.328 e. The lowest BCUT2D eigenvalue weighted by molar-refractivity contribution is -0.154. The Bertz CT molecular complexity index is 1110. The number of para-hydroxylation sites is 1. The molecule has 1 N–H and O–H groups in total. The number of aromatic nitrogens is 2. The van der Waals surface area contributed by atoms with Gasteiger partial charge in [-0.15, -0.1) is 0 Å². The topological polar surface area (TPSA) is 81.2 Å². The molecule has 1 aliphatic carbocycles. The summed E-state index contributed by atoms with van der Waals surface area (Å²) in [5, 5.41) is 0.469. The van der Waals surface area contributed by atoms with Gasteiger partial charge in [0.05, 0.1) is 22.9 Å². The highest BCUT2D eigenvalue weighted by molar-refractivity contribution is 5.84. The van der Waals surface area contributed by atoms with Gasteiger partial charge in [-0.25, -0.2) is 4.79 Å². The SMILES string of the molecule is O=C(OCCCn1c(=O)[nH]c2ccccc2c1=O)C1(c2ccccc2)CCC1.